The maximum atomic E-state index is 13.4. The number of carbonyl (C=O) groups is 1. The summed E-state index contributed by atoms with van der Waals surface area (Å²) in [5.41, 5.74) is 1.44. The minimum atomic E-state index is -3.67. The Morgan fingerprint density at radius 3 is 2.88 bits per heavy atom. The normalized spacial score (nSPS) is 14.7. The molecule has 0 radical (unpaired) electrons. The van der Waals surface area contributed by atoms with Crippen molar-refractivity contribution < 1.29 is 17.6 Å². The maximum Gasteiger partial charge on any atom is 0.252 e. The highest BCUT2D eigenvalue weighted by molar-refractivity contribution is 7.91. The second-order valence-corrected chi connectivity index (χ2v) is 8.83. The smallest absolute Gasteiger partial charge is 0.252 e. The third-order valence-electron chi connectivity index (χ3n) is 3.98. The number of likely N-dealkylation sites (N-methyl/N-ethyl adjacent to an activating group) is 1. The predicted octanol–water partition coefficient (Wildman–Crippen LogP) is 2.49. The lowest BCUT2D eigenvalue weighted by atomic mass is 10.0. The van der Waals surface area contributed by atoms with Crippen LogP contribution in [0.25, 0.3) is 0 Å². The summed E-state index contributed by atoms with van der Waals surface area (Å²) in [4.78, 5) is 14.1. The molecular formula is C16H17FN2O3S2. The van der Waals surface area contributed by atoms with Crippen molar-refractivity contribution in [1.29, 1.82) is 0 Å². The van der Waals surface area contributed by atoms with Gasteiger partial charge >= 0.3 is 0 Å². The SMILES string of the molecule is CN(CC(=O)N1CCCc2cc(F)ccc21)S(=O)(=O)c1cccs1. The minimum absolute atomic E-state index is 0.207. The van der Waals surface area contributed by atoms with E-state index in [0.29, 0.717) is 18.7 Å². The summed E-state index contributed by atoms with van der Waals surface area (Å²) in [5, 5.41) is 1.68. The zero-order chi connectivity index (χ0) is 17.3. The summed E-state index contributed by atoms with van der Waals surface area (Å²) in [6.45, 7) is 0.251. The van der Waals surface area contributed by atoms with Gasteiger partial charge in [-0.2, -0.15) is 4.31 Å². The van der Waals surface area contributed by atoms with E-state index < -0.39 is 10.0 Å². The van der Waals surface area contributed by atoms with Crippen molar-refractivity contribution in [3.05, 3.63) is 47.1 Å². The molecule has 1 aliphatic heterocycles. The highest BCUT2D eigenvalue weighted by atomic mass is 32.2. The number of hydrogen-bond acceptors (Lipinski definition) is 4. The summed E-state index contributed by atoms with van der Waals surface area (Å²) >= 11 is 1.11. The third kappa shape index (κ3) is 3.22. The molecule has 5 nitrogen and oxygen atoms in total. The number of halogens is 1. The van der Waals surface area contributed by atoms with Gasteiger partial charge in [-0.1, -0.05) is 6.07 Å². The Balaban J connectivity index is 1.79. The predicted molar refractivity (Wildman–Crippen MR) is 91.2 cm³/mol. The van der Waals surface area contributed by atoms with E-state index in [4.69, 9.17) is 0 Å². The van der Waals surface area contributed by atoms with Gasteiger partial charge in [0.1, 0.15) is 10.0 Å². The first kappa shape index (κ1) is 17.1. The molecular weight excluding hydrogens is 351 g/mol. The minimum Gasteiger partial charge on any atom is -0.311 e. The van der Waals surface area contributed by atoms with Crippen LogP contribution in [0.4, 0.5) is 10.1 Å². The van der Waals surface area contributed by atoms with Gasteiger partial charge in [0.05, 0.1) is 6.54 Å². The fourth-order valence-corrected chi connectivity index (χ4v) is 5.07. The van der Waals surface area contributed by atoms with Crippen molar-refractivity contribution in [1.82, 2.24) is 4.31 Å². The van der Waals surface area contributed by atoms with Crippen molar-refractivity contribution in [2.45, 2.75) is 17.1 Å². The van der Waals surface area contributed by atoms with Crippen LogP contribution in [-0.4, -0.2) is 38.8 Å². The number of benzene rings is 1. The van der Waals surface area contributed by atoms with E-state index in [9.17, 15) is 17.6 Å². The third-order valence-corrected chi connectivity index (χ3v) is 7.16. The molecule has 128 valence electrons. The van der Waals surface area contributed by atoms with E-state index in [1.54, 1.807) is 22.4 Å². The zero-order valence-electron chi connectivity index (χ0n) is 13.1. The van der Waals surface area contributed by atoms with Gasteiger partial charge in [-0.15, -0.1) is 11.3 Å². The van der Waals surface area contributed by atoms with Gasteiger partial charge < -0.3 is 4.90 Å². The number of nitrogens with zero attached hydrogens (tertiary/aromatic N) is 2. The second-order valence-electron chi connectivity index (χ2n) is 5.62. The Bertz CT molecular complexity index is 850. The number of thiophene rings is 1. The van der Waals surface area contributed by atoms with E-state index in [1.807, 2.05) is 0 Å². The van der Waals surface area contributed by atoms with Crippen LogP contribution in [0.3, 0.4) is 0 Å². The molecule has 0 unspecified atom stereocenters. The molecule has 0 N–H and O–H groups in total. The van der Waals surface area contributed by atoms with Gasteiger partial charge in [0, 0.05) is 19.3 Å². The molecule has 1 aliphatic rings. The second kappa shape index (κ2) is 6.62. The van der Waals surface area contributed by atoms with Gasteiger partial charge in [0.25, 0.3) is 10.0 Å². The Morgan fingerprint density at radius 2 is 2.17 bits per heavy atom. The lowest BCUT2D eigenvalue weighted by Crippen LogP contribution is -2.43. The van der Waals surface area contributed by atoms with Crippen LogP contribution in [0.15, 0.2) is 39.9 Å². The molecule has 8 heteroatoms. The molecule has 1 aromatic carbocycles. The number of hydrogen-bond donors (Lipinski definition) is 0. The molecule has 1 amide bonds. The van der Waals surface area contributed by atoms with Crippen molar-refractivity contribution in [3.63, 3.8) is 0 Å². The summed E-state index contributed by atoms with van der Waals surface area (Å²) in [7, 11) is -2.28. The van der Waals surface area contributed by atoms with E-state index >= 15 is 0 Å². The largest absolute Gasteiger partial charge is 0.311 e. The Kier molecular flexibility index (Phi) is 4.71. The fourth-order valence-electron chi connectivity index (χ4n) is 2.75. The first-order valence-corrected chi connectivity index (χ1v) is 9.80. The average molecular weight is 368 g/mol. The molecule has 1 aromatic heterocycles. The number of amides is 1. The van der Waals surface area contributed by atoms with Crippen molar-refractivity contribution in [3.8, 4) is 0 Å². The highest BCUT2D eigenvalue weighted by Gasteiger charge is 2.28. The van der Waals surface area contributed by atoms with Crippen LogP contribution in [0.2, 0.25) is 0 Å². The topological polar surface area (TPSA) is 57.7 Å². The van der Waals surface area contributed by atoms with E-state index in [2.05, 4.69) is 0 Å². The fraction of sp³-hybridized carbons (Fsp3) is 0.312. The molecule has 2 heterocycles. The van der Waals surface area contributed by atoms with Crippen LogP contribution >= 0.6 is 11.3 Å². The van der Waals surface area contributed by atoms with Gasteiger partial charge in [-0.3, -0.25) is 4.79 Å². The number of rotatable bonds is 4. The van der Waals surface area contributed by atoms with Crippen LogP contribution in [0.1, 0.15) is 12.0 Å². The Hall–Kier alpha value is -1.77. The number of carbonyl (C=O) groups excluding carboxylic acids is 1. The lowest BCUT2D eigenvalue weighted by Gasteiger charge is -2.30. The van der Waals surface area contributed by atoms with Crippen LogP contribution in [-0.2, 0) is 21.2 Å². The molecule has 24 heavy (non-hydrogen) atoms. The molecule has 2 aromatic rings. The Morgan fingerprint density at radius 1 is 1.38 bits per heavy atom. The van der Waals surface area contributed by atoms with Gasteiger partial charge in [0.15, 0.2) is 0 Å². The van der Waals surface area contributed by atoms with Gasteiger partial charge in [-0.05, 0) is 48.1 Å². The van der Waals surface area contributed by atoms with E-state index in [-0.39, 0.29) is 22.5 Å². The number of fused-ring (bicyclic) bond motifs is 1. The number of sulfonamides is 1. The van der Waals surface area contributed by atoms with E-state index in [1.165, 1.54) is 25.2 Å². The average Bonchev–Trinajstić information content (AvgIpc) is 3.09. The summed E-state index contributed by atoms with van der Waals surface area (Å²) < 4.78 is 39.5. The summed E-state index contributed by atoms with van der Waals surface area (Å²) in [6, 6.07) is 7.50. The zero-order valence-corrected chi connectivity index (χ0v) is 14.7. The number of aryl methyl sites for hydroxylation is 1. The molecule has 0 aliphatic carbocycles. The molecule has 0 saturated heterocycles. The lowest BCUT2D eigenvalue weighted by molar-refractivity contribution is -0.118. The molecule has 0 spiro atoms. The summed E-state index contributed by atoms with van der Waals surface area (Å²) in [6.07, 6.45) is 1.43. The van der Waals surface area contributed by atoms with Gasteiger partial charge in [-0.25, -0.2) is 12.8 Å². The Labute approximate surface area is 144 Å². The maximum absolute atomic E-state index is 13.4. The van der Waals surface area contributed by atoms with Gasteiger partial charge in [0.2, 0.25) is 5.91 Å². The highest BCUT2D eigenvalue weighted by Crippen LogP contribution is 2.28. The number of anilines is 1. The van der Waals surface area contributed by atoms with Crippen LogP contribution < -0.4 is 4.90 Å². The standard InChI is InChI=1S/C16H17FN2O3S2/c1-18(24(21,22)16-5-3-9-23-16)11-15(20)19-8-2-4-12-10-13(17)6-7-14(12)19/h3,5-7,9-10H,2,4,8,11H2,1H3. The first-order valence-electron chi connectivity index (χ1n) is 7.48. The van der Waals surface area contributed by atoms with Crippen LogP contribution in [0.5, 0.6) is 0 Å². The monoisotopic (exact) mass is 368 g/mol. The van der Waals surface area contributed by atoms with Crippen LogP contribution in [0, 0.1) is 5.82 Å². The first-order chi connectivity index (χ1) is 11.4. The van der Waals surface area contributed by atoms with Crippen molar-refractivity contribution in [2.75, 3.05) is 25.0 Å². The molecule has 0 atom stereocenters. The quantitative estimate of drug-likeness (QED) is 0.833. The van der Waals surface area contributed by atoms with E-state index in [0.717, 1.165) is 27.6 Å². The molecule has 0 fully saturated rings. The summed E-state index contributed by atoms with van der Waals surface area (Å²) in [5.74, 6) is -0.648. The van der Waals surface area contributed by atoms with Crippen molar-refractivity contribution in [2.24, 2.45) is 0 Å². The molecule has 0 bridgehead atoms. The molecule has 0 saturated carbocycles. The molecule has 3 rings (SSSR count). The van der Waals surface area contributed by atoms with Crippen molar-refractivity contribution >= 4 is 33.0 Å².